The molecule has 2 rings (SSSR count). The second-order valence-electron chi connectivity index (χ2n) is 13.2. The number of hydrogen-bond acceptors (Lipinski definition) is 9. The van der Waals surface area contributed by atoms with E-state index < -0.39 is 24.2 Å². The molecule has 5 N–H and O–H groups in total. The number of carbonyl (C=O) groups is 2. The number of pyridine rings is 1. The number of aromatic nitrogens is 1. The molecular formula is C33H58N4O6. The zero-order chi connectivity index (χ0) is 32.1. The van der Waals surface area contributed by atoms with Crippen molar-refractivity contribution in [3.8, 4) is 11.6 Å². The Balaban J connectivity index is 2.22. The Kier molecular flexibility index (Phi) is 15.7. The van der Waals surface area contributed by atoms with E-state index >= 15 is 0 Å². The Labute approximate surface area is 259 Å². The number of hydrogen-bond donors (Lipinski definition) is 3. The van der Waals surface area contributed by atoms with Gasteiger partial charge in [-0.25, -0.2) is 4.98 Å². The van der Waals surface area contributed by atoms with Crippen LogP contribution < -0.4 is 26.3 Å². The second kappa shape index (κ2) is 18.4. The first-order valence-electron chi connectivity index (χ1n) is 16.0. The van der Waals surface area contributed by atoms with Gasteiger partial charge < -0.3 is 35.7 Å². The Morgan fingerprint density at radius 1 is 1.00 bits per heavy atom. The molecule has 10 heteroatoms. The standard InChI is InChI=1S/C33H58N4O6/c1-20(2)25(14-24-15-29(32(41-8)37-19-24)42-13-9-12-40-7)16-27(34)28(43-33(39)30(35)22(5)6)17-26(21(3)4)31(38)36-18-23-10-11-23/h15,19-23,25-28,30H,9-14,16-18,34-35H2,1-8H3,(H,36,38)/t25?,26?,27-,28?,30?/m0/s1. The molecule has 1 fully saturated rings. The lowest BCUT2D eigenvalue weighted by molar-refractivity contribution is -0.155. The van der Waals surface area contributed by atoms with Gasteiger partial charge in [-0.15, -0.1) is 0 Å². The maximum absolute atomic E-state index is 13.2. The third-order valence-corrected chi connectivity index (χ3v) is 8.46. The number of methoxy groups -OCH3 is 2. The summed E-state index contributed by atoms with van der Waals surface area (Å²) in [5, 5.41) is 3.11. The molecule has 0 radical (unpaired) electrons. The van der Waals surface area contributed by atoms with Crippen molar-refractivity contribution in [2.75, 3.05) is 34.0 Å². The van der Waals surface area contributed by atoms with E-state index in [9.17, 15) is 9.59 Å². The van der Waals surface area contributed by atoms with Crippen LogP contribution in [0.25, 0.3) is 0 Å². The predicted molar refractivity (Wildman–Crippen MR) is 169 cm³/mol. The third kappa shape index (κ3) is 12.6. The van der Waals surface area contributed by atoms with Crippen molar-refractivity contribution < 1.29 is 28.5 Å². The first-order valence-corrected chi connectivity index (χ1v) is 16.0. The molecule has 0 spiro atoms. The quantitative estimate of drug-likeness (QED) is 0.139. The largest absolute Gasteiger partial charge is 0.488 e. The zero-order valence-corrected chi connectivity index (χ0v) is 27.8. The van der Waals surface area contributed by atoms with E-state index in [1.54, 1.807) is 20.4 Å². The fourth-order valence-corrected chi connectivity index (χ4v) is 5.06. The highest BCUT2D eigenvalue weighted by Crippen LogP contribution is 2.31. The van der Waals surface area contributed by atoms with Crippen LogP contribution in [0.1, 0.15) is 79.2 Å². The minimum Gasteiger partial charge on any atom is -0.488 e. The number of amides is 1. The SMILES string of the molecule is COCCCOc1cc(CC(C[C@H](N)C(CC(C(=O)NCC2CC2)C(C)C)OC(=O)C(N)C(C)C)C(C)C)cnc1OC. The van der Waals surface area contributed by atoms with Crippen LogP contribution >= 0.6 is 0 Å². The number of nitrogens with zero attached hydrogens (tertiary/aromatic N) is 1. The predicted octanol–water partition coefficient (Wildman–Crippen LogP) is 4.12. The van der Waals surface area contributed by atoms with Gasteiger partial charge in [-0.1, -0.05) is 41.5 Å². The minimum absolute atomic E-state index is 0.00828. The molecule has 0 bridgehead atoms. The lowest BCUT2D eigenvalue weighted by Gasteiger charge is -2.33. The Morgan fingerprint density at radius 2 is 1.70 bits per heavy atom. The van der Waals surface area contributed by atoms with Crippen molar-refractivity contribution in [1.29, 1.82) is 0 Å². The number of ether oxygens (including phenoxy) is 4. The van der Waals surface area contributed by atoms with Crippen molar-refractivity contribution >= 4 is 11.9 Å². The van der Waals surface area contributed by atoms with E-state index in [0.717, 1.165) is 24.8 Å². The Hall–Kier alpha value is -2.43. The van der Waals surface area contributed by atoms with Crippen molar-refractivity contribution in [3.63, 3.8) is 0 Å². The Bertz CT molecular complexity index is 984. The summed E-state index contributed by atoms with van der Waals surface area (Å²) in [5.41, 5.74) is 14.0. The molecule has 5 atom stereocenters. The second-order valence-corrected chi connectivity index (χ2v) is 13.2. The summed E-state index contributed by atoms with van der Waals surface area (Å²) in [6.07, 6.45) is 5.88. The van der Waals surface area contributed by atoms with Crippen molar-refractivity contribution in [1.82, 2.24) is 10.3 Å². The van der Waals surface area contributed by atoms with Crippen LogP contribution in [0.3, 0.4) is 0 Å². The summed E-state index contributed by atoms with van der Waals surface area (Å²) in [5.74, 6) is 1.21. The van der Waals surface area contributed by atoms with Gasteiger partial charge in [0.25, 0.3) is 5.88 Å². The molecule has 0 saturated heterocycles. The van der Waals surface area contributed by atoms with Gasteiger partial charge in [-0.3, -0.25) is 9.59 Å². The maximum atomic E-state index is 13.2. The first-order chi connectivity index (χ1) is 20.4. The fourth-order valence-electron chi connectivity index (χ4n) is 5.06. The lowest BCUT2D eigenvalue weighted by atomic mass is 9.81. The molecule has 1 aliphatic rings. The summed E-state index contributed by atoms with van der Waals surface area (Å²) < 4.78 is 22.5. The number of esters is 1. The molecule has 10 nitrogen and oxygen atoms in total. The highest BCUT2D eigenvalue weighted by atomic mass is 16.5. The maximum Gasteiger partial charge on any atom is 0.323 e. The molecular weight excluding hydrogens is 548 g/mol. The van der Waals surface area contributed by atoms with Gasteiger partial charge in [0.15, 0.2) is 5.75 Å². The smallest absolute Gasteiger partial charge is 0.323 e. The highest BCUT2D eigenvalue weighted by Gasteiger charge is 2.35. The molecule has 4 unspecified atom stereocenters. The highest BCUT2D eigenvalue weighted by molar-refractivity contribution is 5.79. The number of nitrogens with two attached hydrogens (primary N) is 2. The van der Waals surface area contributed by atoms with Crippen molar-refractivity contribution in [3.05, 3.63) is 17.8 Å². The van der Waals surface area contributed by atoms with Gasteiger partial charge >= 0.3 is 5.97 Å². The van der Waals surface area contributed by atoms with Crippen LogP contribution in [0.5, 0.6) is 11.6 Å². The summed E-state index contributed by atoms with van der Waals surface area (Å²) in [6, 6.07) is 0.728. The van der Waals surface area contributed by atoms with Gasteiger partial charge in [-0.2, -0.15) is 0 Å². The van der Waals surface area contributed by atoms with Gasteiger partial charge in [-0.05, 0) is 73.3 Å². The van der Waals surface area contributed by atoms with Gasteiger partial charge in [0.2, 0.25) is 5.91 Å². The van der Waals surface area contributed by atoms with Crippen LogP contribution in [-0.4, -0.2) is 69.0 Å². The third-order valence-electron chi connectivity index (χ3n) is 8.46. The molecule has 1 aliphatic carbocycles. The zero-order valence-electron chi connectivity index (χ0n) is 27.8. The topological polar surface area (TPSA) is 148 Å². The molecule has 1 aromatic heterocycles. The molecule has 1 amide bonds. The van der Waals surface area contributed by atoms with Crippen LogP contribution in [0.15, 0.2) is 12.3 Å². The molecule has 43 heavy (non-hydrogen) atoms. The van der Waals surface area contributed by atoms with E-state index in [1.165, 1.54) is 0 Å². The van der Waals surface area contributed by atoms with Crippen molar-refractivity contribution in [2.24, 2.45) is 47.0 Å². The average Bonchev–Trinajstić information content (AvgIpc) is 3.79. The van der Waals surface area contributed by atoms with E-state index in [2.05, 4.69) is 24.1 Å². The van der Waals surface area contributed by atoms with Gasteiger partial charge in [0.1, 0.15) is 12.1 Å². The summed E-state index contributed by atoms with van der Waals surface area (Å²) in [4.78, 5) is 30.7. The Morgan fingerprint density at radius 3 is 2.26 bits per heavy atom. The van der Waals surface area contributed by atoms with E-state index in [1.807, 2.05) is 33.8 Å². The van der Waals surface area contributed by atoms with Gasteiger partial charge in [0.05, 0.1) is 13.7 Å². The van der Waals surface area contributed by atoms with E-state index in [4.69, 9.17) is 30.4 Å². The first kappa shape index (κ1) is 36.8. The van der Waals surface area contributed by atoms with Crippen LogP contribution in [0.2, 0.25) is 0 Å². The van der Waals surface area contributed by atoms with Crippen LogP contribution in [-0.2, 0) is 25.5 Å². The molecule has 0 aromatic carbocycles. The van der Waals surface area contributed by atoms with E-state index in [-0.39, 0.29) is 35.5 Å². The molecule has 246 valence electrons. The average molecular weight is 607 g/mol. The summed E-state index contributed by atoms with van der Waals surface area (Å²) in [6.45, 7) is 13.9. The van der Waals surface area contributed by atoms with E-state index in [0.29, 0.717) is 56.6 Å². The number of rotatable bonds is 21. The molecule has 1 heterocycles. The fraction of sp³-hybridized carbons (Fsp3) is 0.788. The normalized spacial score (nSPS) is 17.0. The molecule has 1 aromatic rings. The van der Waals surface area contributed by atoms with Crippen LogP contribution in [0, 0.1) is 35.5 Å². The molecule has 1 saturated carbocycles. The summed E-state index contributed by atoms with van der Waals surface area (Å²) in [7, 11) is 3.24. The van der Waals surface area contributed by atoms with Crippen LogP contribution in [0.4, 0.5) is 0 Å². The monoisotopic (exact) mass is 606 g/mol. The van der Waals surface area contributed by atoms with Gasteiger partial charge in [0, 0.05) is 44.8 Å². The molecule has 0 aliphatic heterocycles. The lowest BCUT2D eigenvalue weighted by Crippen LogP contribution is -2.48. The minimum atomic E-state index is -0.760. The van der Waals surface area contributed by atoms with Crippen molar-refractivity contribution in [2.45, 2.75) is 98.3 Å². The number of nitrogens with one attached hydrogen (secondary N) is 1. The number of carbonyl (C=O) groups excluding carboxylic acids is 2. The summed E-state index contributed by atoms with van der Waals surface area (Å²) >= 11 is 0.